The Hall–Kier alpha value is -0.940. The van der Waals surface area contributed by atoms with Crippen molar-refractivity contribution in [2.75, 3.05) is 13.1 Å². The molecule has 0 radical (unpaired) electrons. The summed E-state index contributed by atoms with van der Waals surface area (Å²) >= 11 is 8.19. The number of hydrogen-bond donors (Lipinski definition) is 1. The van der Waals surface area contributed by atoms with Crippen molar-refractivity contribution in [1.29, 1.82) is 0 Å². The molecular formula is C12H15BrN2OS. The van der Waals surface area contributed by atoms with Crippen LogP contribution in [-0.2, 0) is 0 Å². The highest BCUT2D eigenvalue weighted by atomic mass is 79.9. The topological polar surface area (TPSA) is 46.3 Å². The molecule has 0 fully saturated rings. The van der Waals surface area contributed by atoms with Crippen LogP contribution in [0.2, 0.25) is 0 Å². The normalized spacial score (nSPS) is 10.0. The second-order valence-corrected chi connectivity index (χ2v) is 5.14. The van der Waals surface area contributed by atoms with Crippen molar-refractivity contribution in [3.8, 4) is 0 Å². The predicted octanol–water partition coefficient (Wildman–Crippen LogP) is 2.59. The first-order valence-electron chi connectivity index (χ1n) is 5.37. The maximum Gasteiger partial charge on any atom is 0.254 e. The van der Waals surface area contributed by atoms with Gasteiger partial charge in [-0.2, -0.15) is 0 Å². The summed E-state index contributed by atoms with van der Waals surface area (Å²) in [4.78, 5) is 14.2. The molecule has 0 aliphatic carbocycles. The number of carbonyl (C=O) groups is 1. The minimum absolute atomic E-state index is 0.0350. The summed E-state index contributed by atoms with van der Waals surface area (Å²) in [5, 5.41) is 0. The van der Waals surface area contributed by atoms with E-state index in [-0.39, 0.29) is 5.91 Å². The van der Waals surface area contributed by atoms with Crippen LogP contribution in [0, 0.1) is 0 Å². The maximum absolute atomic E-state index is 12.2. The molecule has 92 valence electrons. The Morgan fingerprint density at radius 3 is 2.47 bits per heavy atom. The van der Waals surface area contributed by atoms with Gasteiger partial charge in [0, 0.05) is 16.6 Å². The van der Waals surface area contributed by atoms with Gasteiger partial charge in [0.05, 0.1) is 11.5 Å². The summed E-state index contributed by atoms with van der Waals surface area (Å²) in [6.45, 7) is 3.01. The summed E-state index contributed by atoms with van der Waals surface area (Å²) in [7, 11) is 0. The molecule has 0 aromatic heterocycles. The van der Waals surface area contributed by atoms with Gasteiger partial charge in [-0.25, -0.2) is 0 Å². The Morgan fingerprint density at radius 1 is 1.41 bits per heavy atom. The van der Waals surface area contributed by atoms with Gasteiger partial charge < -0.3 is 10.6 Å². The van der Waals surface area contributed by atoms with Crippen molar-refractivity contribution < 1.29 is 4.79 Å². The summed E-state index contributed by atoms with van der Waals surface area (Å²) in [6, 6.07) is 7.26. The Labute approximate surface area is 115 Å². The number of amides is 1. The predicted molar refractivity (Wildman–Crippen MR) is 77.1 cm³/mol. The zero-order valence-corrected chi connectivity index (χ0v) is 12.1. The van der Waals surface area contributed by atoms with E-state index in [2.05, 4.69) is 15.9 Å². The van der Waals surface area contributed by atoms with Gasteiger partial charge in [-0.05, 0) is 30.7 Å². The molecule has 0 spiro atoms. The second-order valence-electron chi connectivity index (χ2n) is 3.70. The molecule has 0 saturated carbocycles. The summed E-state index contributed by atoms with van der Waals surface area (Å²) in [5.41, 5.74) is 6.14. The van der Waals surface area contributed by atoms with E-state index >= 15 is 0 Å². The van der Waals surface area contributed by atoms with E-state index in [1.54, 1.807) is 17.0 Å². The standard InChI is InChI=1S/C12H15BrN2OS/c1-2-7-15(8-11(14)17)12(16)9-3-5-10(13)6-4-9/h3-6H,2,7-8H2,1H3,(H2,14,17). The van der Waals surface area contributed by atoms with Crippen LogP contribution in [0.25, 0.3) is 0 Å². The highest BCUT2D eigenvalue weighted by molar-refractivity contribution is 9.10. The van der Waals surface area contributed by atoms with Crippen LogP contribution in [0.15, 0.2) is 28.7 Å². The van der Waals surface area contributed by atoms with Crippen LogP contribution in [0.4, 0.5) is 0 Å². The third kappa shape index (κ3) is 4.44. The zero-order valence-electron chi connectivity index (χ0n) is 9.65. The molecule has 1 aromatic carbocycles. The lowest BCUT2D eigenvalue weighted by Gasteiger charge is -2.21. The van der Waals surface area contributed by atoms with Crippen molar-refractivity contribution in [3.05, 3.63) is 34.3 Å². The average Bonchev–Trinajstić information content (AvgIpc) is 2.28. The number of nitrogens with zero attached hydrogens (tertiary/aromatic N) is 1. The number of rotatable bonds is 5. The number of benzene rings is 1. The molecule has 0 heterocycles. The summed E-state index contributed by atoms with van der Waals surface area (Å²) in [6.07, 6.45) is 0.880. The van der Waals surface area contributed by atoms with Gasteiger partial charge >= 0.3 is 0 Å². The smallest absolute Gasteiger partial charge is 0.254 e. The van der Waals surface area contributed by atoms with E-state index in [9.17, 15) is 4.79 Å². The Morgan fingerprint density at radius 2 is 2.00 bits per heavy atom. The van der Waals surface area contributed by atoms with Crippen molar-refractivity contribution in [3.63, 3.8) is 0 Å². The molecule has 3 nitrogen and oxygen atoms in total. The molecule has 0 aliphatic rings. The molecule has 0 atom stereocenters. The number of hydrogen-bond acceptors (Lipinski definition) is 2. The van der Waals surface area contributed by atoms with E-state index in [4.69, 9.17) is 18.0 Å². The number of carbonyl (C=O) groups excluding carboxylic acids is 1. The first-order valence-corrected chi connectivity index (χ1v) is 6.58. The zero-order chi connectivity index (χ0) is 12.8. The number of halogens is 1. The van der Waals surface area contributed by atoms with Crippen LogP contribution in [0.5, 0.6) is 0 Å². The third-order valence-electron chi connectivity index (χ3n) is 2.22. The van der Waals surface area contributed by atoms with Crippen LogP contribution in [-0.4, -0.2) is 28.9 Å². The Balaban J connectivity index is 2.83. The SMILES string of the molecule is CCCN(CC(N)=S)C(=O)c1ccc(Br)cc1. The highest BCUT2D eigenvalue weighted by Crippen LogP contribution is 2.12. The van der Waals surface area contributed by atoms with E-state index in [0.717, 1.165) is 10.9 Å². The van der Waals surface area contributed by atoms with Gasteiger partial charge in [-0.1, -0.05) is 35.1 Å². The van der Waals surface area contributed by atoms with Crippen molar-refractivity contribution >= 4 is 39.0 Å². The fourth-order valence-corrected chi connectivity index (χ4v) is 1.91. The Bertz CT molecular complexity index is 405. The first-order chi connectivity index (χ1) is 8.04. The molecule has 0 bridgehead atoms. The van der Waals surface area contributed by atoms with Crippen molar-refractivity contribution in [2.45, 2.75) is 13.3 Å². The summed E-state index contributed by atoms with van der Waals surface area (Å²) < 4.78 is 0.949. The minimum Gasteiger partial charge on any atom is -0.392 e. The molecule has 0 unspecified atom stereocenters. The lowest BCUT2D eigenvalue weighted by molar-refractivity contribution is 0.0780. The monoisotopic (exact) mass is 314 g/mol. The van der Waals surface area contributed by atoms with Gasteiger partial charge in [0.1, 0.15) is 0 Å². The fourth-order valence-electron chi connectivity index (χ4n) is 1.49. The van der Waals surface area contributed by atoms with E-state index in [1.807, 2.05) is 19.1 Å². The Kier molecular flexibility index (Phi) is 5.58. The molecule has 1 aromatic rings. The van der Waals surface area contributed by atoms with Crippen LogP contribution < -0.4 is 5.73 Å². The van der Waals surface area contributed by atoms with Gasteiger partial charge in [0.15, 0.2) is 0 Å². The highest BCUT2D eigenvalue weighted by Gasteiger charge is 2.15. The molecule has 17 heavy (non-hydrogen) atoms. The molecule has 1 amide bonds. The van der Waals surface area contributed by atoms with Crippen molar-refractivity contribution in [1.82, 2.24) is 4.90 Å². The molecule has 2 N–H and O–H groups in total. The molecule has 5 heteroatoms. The van der Waals surface area contributed by atoms with E-state index < -0.39 is 0 Å². The summed E-state index contributed by atoms with van der Waals surface area (Å²) in [5.74, 6) is -0.0350. The minimum atomic E-state index is -0.0350. The van der Waals surface area contributed by atoms with E-state index in [0.29, 0.717) is 23.6 Å². The lowest BCUT2D eigenvalue weighted by Crippen LogP contribution is -2.38. The fraction of sp³-hybridized carbons (Fsp3) is 0.333. The lowest BCUT2D eigenvalue weighted by atomic mass is 10.2. The third-order valence-corrected chi connectivity index (χ3v) is 2.88. The first kappa shape index (κ1) is 14.1. The average molecular weight is 315 g/mol. The van der Waals surface area contributed by atoms with Crippen LogP contribution in [0.3, 0.4) is 0 Å². The van der Waals surface area contributed by atoms with Gasteiger partial charge in [0.25, 0.3) is 5.91 Å². The van der Waals surface area contributed by atoms with Gasteiger partial charge in [-0.15, -0.1) is 0 Å². The van der Waals surface area contributed by atoms with Crippen LogP contribution in [0.1, 0.15) is 23.7 Å². The van der Waals surface area contributed by atoms with E-state index in [1.165, 1.54) is 0 Å². The molecule has 0 saturated heterocycles. The van der Waals surface area contributed by atoms with Gasteiger partial charge in [0.2, 0.25) is 0 Å². The molecule has 0 aliphatic heterocycles. The number of thiocarbonyl (C=S) groups is 1. The largest absolute Gasteiger partial charge is 0.392 e. The second kappa shape index (κ2) is 6.71. The molecule has 1 rings (SSSR count). The quantitative estimate of drug-likeness (QED) is 0.850. The van der Waals surface area contributed by atoms with Crippen molar-refractivity contribution in [2.24, 2.45) is 5.73 Å². The molecular weight excluding hydrogens is 300 g/mol. The van der Waals surface area contributed by atoms with Gasteiger partial charge in [-0.3, -0.25) is 4.79 Å². The van der Waals surface area contributed by atoms with Crippen LogP contribution >= 0.6 is 28.1 Å². The maximum atomic E-state index is 12.2. The number of nitrogens with two attached hydrogens (primary N) is 1.